The average molecular weight is 410 g/mol. The molecule has 0 saturated heterocycles. The third kappa shape index (κ3) is 4.51. The molecule has 0 unspecified atom stereocenters. The smallest absolute Gasteiger partial charge is 0.145 e. The summed E-state index contributed by atoms with van der Waals surface area (Å²) in [7, 11) is 0. The SMILES string of the molecule is OC1CCCC(OCc2c(-c3c(Cl)cccc3Cl)noc2C2CC2)CCC1. The summed E-state index contributed by atoms with van der Waals surface area (Å²) in [6, 6.07) is 5.47. The Balaban J connectivity index is 1.55. The predicted octanol–water partition coefficient (Wildman–Crippen LogP) is 6.13. The lowest BCUT2D eigenvalue weighted by atomic mass is 9.96. The first-order valence-corrected chi connectivity index (χ1v) is 10.6. The van der Waals surface area contributed by atoms with Crippen LogP contribution in [0.15, 0.2) is 22.7 Å². The van der Waals surface area contributed by atoms with Crippen molar-refractivity contribution in [2.24, 2.45) is 0 Å². The quantitative estimate of drug-likeness (QED) is 0.645. The number of hydrogen-bond acceptors (Lipinski definition) is 4. The molecule has 2 fully saturated rings. The van der Waals surface area contributed by atoms with Crippen LogP contribution < -0.4 is 0 Å². The Morgan fingerprint density at radius 3 is 2.33 bits per heavy atom. The number of aliphatic hydroxyl groups is 1. The summed E-state index contributed by atoms with van der Waals surface area (Å²) in [6.45, 7) is 0.458. The standard InChI is InChI=1S/C21H25Cl2NO3/c22-17-8-3-9-18(23)19(17)20-16(21(27-24-20)13-10-11-13)12-26-15-6-1-4-14(25)5-2-7-15/h3,8-9,13-15,25H,1-2,4-7,10-12H2. The summed E-state index contributed by atoms with van der Waals surface area (Å²) >= 11 is 12.8. The molecule has 0 amide bonds. The molecule has 146 valence electrons. The Morgan fingerprint density at radius 1 is 1.04 bits per heavy atom. The number of halogens is 2. The molecule has 2 aliphatic carbocycles. The molecule has 2 saturated carbocycles. The van der Waals surface area contributed by atoms with E-state index in [9.17, 15) is 5.11 Å². The zero-order chi connectivity index (χ0) is 18.8. The molecule has 0 aliphatic heterocycles. The molecule has 4 rings (SSSR count). The van der Waals surface area contributed by atoms with Crippen LogP contribution in [-0.4, -0.2) is 22.5 Å². The van der Waals surface area contributed by atoms with Gasteiger partial charge in [0.05, 0.1) is 28.9 Å². The maximum absolute atomic E-state index is 9.81. The third-order valence-corrected chi connectivity index (χ3v) is 6.19. The van der Waals surface area contributed by atoms with Crippen LogP contribution in [-0.2, 0) is 11.3 Å². The van der Waals surface area contributed by atoms with Crippen LogP contribution in [0, 0.1) is 0 Å². The highest BCUT2D eigenvalue weighted by atomic mass is 35.5. The molecule has 27 heavy (non-hydrogen) atoms. The topological polar surface area (TPSA) is 55.5 Å². The summed E-state index contributed by atoms with van der Waals surface area (Å²) in [5.41, 5.74) is 2.40. The molecule has 0 radical (unpaired) electrons. The molecule has 1 aromatic carbocycles. The number of rotatable bonds is 5. The van der Waals surface area contributed by atoms with Crippen molar-refractivity contribution in [1.82, 2.24) is 5.16 Å². The molecule has 2 aliphatic rings. The van der Waals surface area contributed by atoms with Gasteiger partial charge in [-0.3, -0.25) is 0 Å². The van der Waals surface area contributed by atoms with E-state index < -0.39 is 0 Å². The zero-order valence-electron chi connectivity index (χ0n) is 15.3. The number of nitrogens with zero attached hydrogens (tertiary/aromatic N) is 1. The lowest BCUT2D eigenvalue weighted by Crippen LogP contribution is -2.19. The van der Waals surface area contributed by atoms with Crippen molar-refractivity contribution in [3.05, 3.63) is 39.6 Å². The van der Waals surface area contributed by atoms with Gasteiger partial charge >= 0.3 is 0 Å². The van der Waals surface area contributed by atoms with Gasteiger partial charge in [-0.05, 0) is 63.5 Å². The summed E-state index contributed by atoms with van der Waals surface area (Å²) in [6.07, 6.45) is 7.96. The number of ether oxygens (including phenoxy) is 1. The predicted molar refractivity (Wildman–Crippen MR) is 106 cm³/mol. The maximum Gasteiger partial charge on any atom is 0.145 e. The van der Waals surface area contributed by atoms with Gasteiger partial charge in [-0.1, -0.05) is 34.4 Å². The lowest BCUT2D eigenvalue weighted by molar-refractivity contribution is 0.0137. The minimum atomic E-state index is -0.153. The maximum atomic E-state index is 9.81. The summed E-state index contributed by atoms with van der Waals surface area (Å²) in [4.78, 5) is 0. The second-order valence-electron chi connectivity index (χ2n) is 7.69. The van der Waals surface area contributed by atoms with Crippen LogP contribution in [0.5, 0.6) is 0 Å². The van der Waals surface area contributed by atoms with Crippen LogP contribution in [0.4, 0.5) is 0 Å². The highest BCUT2D eigenvalue weighted by molar-refractivity contribution is 6.39. The van der Waals surface area contributed by atoms with Gasteiger partial charge in [0.2, 0.25) is 0 Å². The molecule has 4 nitrogen and oxygen atoms in total. The largest absolute Gasteiger partial charge is 0.393 e. The van der Waals surface area contributed by atoms with Crippen LogP contribution in [0.25, 0.3) is 11.3 Å². The fourth-order valence-corrected chi connectivity index (χ4v) is 4.44. The normalized spacial score (nSPS) is 23.8. The molecule has 2 aromatic rings. The zero-order valence-corrected chi connectivity index (χ0v) is 16.8. The van der Waals surface area contributed by atoms with Gasteiger partial charge in [0.1, 0.15) is 11.5 Å². The third-order valence-electron chi connectivity index (χ3n) is 5.56. The Labute approximate surface area is 169 Å². The monoisotopic (exact) mass is 409 g/mol. The highest BCUT2D eigenvalue weighted by Crippen LogP contribution is 2.46. The van der Waals surface area contributed by atoms with E-state index in [1.54, 1.807) is 0 Å². The van der Waals surface area contributed by atoms with Crippen LogP contribution in [0.1, 0.15) is 68.6 Å². The van der Waals surface area contributed by atoms with E-state index in [0.717, 1.165) is 68.3 Å². The van der Waals surface area contributed by atoms with Crippen molar-refractivity contribution < 1.29 is 14.4 Å². The lowest BCUT2D eigenvalue weighted by Gasteiger charge is -2.22. The van der Waals surface area contributed by atoms with Crippen molar-refractivity contribution in [1.29, 1.82) is 0 Å². The van der Waals surface area contributed by atoms with Gasteiger partial charge in [0, 0.05) is 17.0 Å². The summed E-state index contributed by atoms with van der Waals surface area (Å²) in [5, 5.41) is 15.3. The minimum Gasteiger partial charge on any atom is -0.393 e. The molecule has 1 heterocycles. The van der Waals surface area contributed by atoms with Crippen LogP contribution in [0.3, 0.4) is 0 Å². The Morgan fingerprint density at radius 2 is 1.70 bits per heavy atom. The van der Waals surface area contributed by atoms with Gasteiger partial charge in [-0.15, -0.1) is 0 Å². The summed E-state index contributed by atoms with van der Waals surface area (Å²) < 4.78 is 12.0. The van der Waals surface area contributed by atoms with Gasteiger partial charge < -0.3 is 14.4 Å². The first kappa shape index (κ1) is 19.3. The van der Waals surface area contributed by atoms with Crippen molar-refractivity contribution in [2.75, 3.05) is 0 Å². The Kier molecular flexibility index (Phi) is 6.08. The Hall–Kier alpha value is -1.07. The molecule has 0 spiro atoms. The second-order valence-corrected chi connectivity index (χ2v) is 8.51. The van der Waals surface area contributed by atoms with E-state index in [1.807, 2.05) is 18.2 Å². The van der Waals surface area contributed by atoms with Crippen molar-refractivity contribution in [3.63, 3.8) is 0 Å². The van der Waals surface area contributed by atoms with Gasteiger partial charge in [0.25, 0.3) is 0 Å². The number of aromatic nitrogens is 1. The van der Waals surface area contributed by atoms with Crippen molar-refractivity contribution in [2.45, 2.75) is 76.1 Å². The van der Waals surface area contributed by atoms with E-state index in [0.29, 0.717) is 28.3 Å². The minimum absolute atomic E-state index is 0.153. The number of aliphatic hydroxyl groups excluding tert-OH is 1. The fourth-order valence-electron chi connectivity index (χ4n) is 3.87. The summed E-state index contributed by atoms with van der Waals surface area (Å²) in [5.74, 6) is 1.35. The van der Waals surface area contributed by atoms with E-state index in [-0.39, 0.29) is 12.2 Å². The van der Waals surface area contributed by atoms with Crippen LogP contribution >= 0.6 is 23.2 Å². The number of benzene rings is 1. The van der Waals surface area contributed by atoms with E-state index in [1.165, 1.54) is 0 Å². The van der Waals surface area contributed by atoms with Crippen molar-refractivity contribution >= 4 is 23.2 Å². The molecule has 0 atom stereocenters. The molecule has 6 heteroatoms. The molecular formula is C21H25Cl2NO3. The molecular weight excluding hydrogens is 385 g/mol. The highest BCUT2D eigenvalue weighted by Gasteiger charge is 2.33. The van der Waals surface area contributed by atoms with Gasteiger partial charge in [-0.25, -0.2) is 0 Å². The van der Waals surface area contributed by atoms with Gasteiger partial charge in [-0.2, -0.15) is 0 Å². The van der Waals surface area contributed by atoms with E-state index in [2.05, 4.69) is 5.16 Å². The second kappa shape index (κ2) is 8.52. The Bertz CT molecular complexity index is 757. The van der Waals surface area contributed by atoms with E-state index in [4.69, 9.17) is 32.5 Å². The first-order chi connectivity index (χ1) is 13.1. The van der Waals surface area contributed by atoms with Gasteiger partial charge in [0.15, 0.2) is 0 Å². The molecule has 0 bridgehead atoms. The van der Waals surface area contributed by atoms with Crippen LogP contribution in [0.2, 0.25) is 10.0 Å². The number of hydrogen-bond donors (Lipinski definition) is 1. The van der Waals surface area contributed by atoms with Crippen molar-refractivity contribution in [3.8, 4) is 11.3 Å². The molecule has 1 N–H and O–H groups in total. The first-order valence-electron chi connectivity index (χ1n) is 9.86. The van der Waals surface area contributed by atoms with E-state index >= 15 is 0 Å². The average Bonchev–Trinajstić information content (AvgIpc) is 3.38. The fraction of sp³-hybridized carbons (Fsp3) is 0.571. The molecule has 1 aromatic heterocycles.